The molecule has 4 fully saturated rings. The second-order valence-electron chi connectivity index (χ2n) is 14.2. The SMILES string of the molecule is COC(=O)N[C@H]1CCC[C@@H]1C(CN1CCC1)(c1cccc(F)c1)C1CCN(CC2(OC)CN(C(=O)OC(C)(C)C)C2)CC1. The monoisotopic (exact) mass is 602 g/mol. The van der Waals surface area contributed by atoms with Crippen molar-refractivity contribution in [1.29, 1.82) is 0 Å². The van der Waals surface area contributed by atoms with Gasteiger partial charge in [0, 0.05) is 31.7 Å². The Hall–Kier alpha value is -2.43. The smallest absolute Gasteiger partial charge is 0.410 e. The largest absolute Gasteiger partial charge is 0.453 e. The van der Waals surface area contributed by atoms with Crippen LogP contribution in [0.5, 0.6) is 0 Å². The second-order valence-corrected chi connectivity index (χ2v) is 14.2. The lowest BCUT2D eigenvalue weighted by Gasteiger charge is -2.55. The first-order valence-electron chi connectivity index (χ1n) is 16.1. The number of piperidine rings is 1. The molecule has 43 heavy (non-hydrogen) atoms. The number of methoxy groups -OCH3 is 2. The zero-order valence-corrected chi connectivity index (χ0v) is 26.7. The minimum atomic E-state index is -0.529. The molecule has 1 aromatic carbocycles. The molecule has 3 aliphatic heterocycles. The van der Waals surface area contributed by atoms with Crippen molar-refractivity contribution in [1.82, 2.24) is 20.0 Å². The lowest BCUT2D eigenvalue weighted by molar-refractivity contribution is -0.137. The number of amides is 2. The van der Waals surface area contributed by atoms with Gasteiger partial charge in [-0.2, -0.15) is 0 Å². The van der Waals surface area contributed by atoms with Crippen LogP contribution in [0.2, 0.25) is 0 Å². The van der Waals surface area contributed by atoms with Crippen LogP contribution in [0.25, 0.3) is 0 Å². The maximum absolute atomic E-state index is 14.9. The average molecular weight is 603 g/mol. The zero-order chi connectivity index (χ0) is 30.8. The van der Waals surface area contributed by atoms with E-state index in [1.807, 2.05) is 26.8 Å². The molecule has 1 saturated carbocycles. The normalized spacial score (nSPS) is 26.2. The fourth-order valence-corrected chi connectivity index (χ4v) is 8.15. The Kier molecular flexibility index (Phi) is 9.59. The van der Waals surface area contributed by atoms with Crippen molar-refractivity contribution in [3.63, 3.8) is 0 Å². The number of carbonyl (C=O) groups excluding carboxylic acids is 2. The fourth-order valence-electron chi connectivity index (χ4n) is 8.15. The highest BCUT2D eigenvalue weighted by Gasteiger charge is 2.54. The Morgan fingerprint density at radius 2 is 1.72 bits per heavy atom. The van der Waals surface area contributed by atoms with Gasteiger partial charge in [0.05, 0.1) is 20.2 Å². The molecule has 0 spiro atoms. The number of hydrogen-bond acceptors (Lipinski definition) is 7. The predicted molar refractivity (Wildman–Crippen MR) is 163 cm³/mol. The number of nitrogens with zero attached hydrogens (tertiary/aromatic N) is 3. The molecule has 1 N–H and O–H groups in total. The molecule has 3 saturated heterocycles. The molecule has 0 bridgehead atoms. The van der Waals surface area contributed by atoms with Crippen molar-refractivity contribution in [3.05, 3.63) is 35.6 Å². The molecular formula is C33H51FN4O5. The summed E-state index contributed by atoms with van der Waals surface area (Å²) in [6.07, 6.45) is 5.37. The van der Waals surface area contributed by atoms with E-state index >= 15 is 0 Å². The fraction of sp³-hybridized carbons (Fsp3) is 0.758. The summed E-state index contributed by atoms with van der Waals surface area (Å²) in [5.74, 6) is 0.305. The first-order valence-corrected chi connectivity index (χ1v) is 16.1. The van der Waals surface area contributed by atoms with E-state index in [2.05, 4.69) is 21.2 Å². The van der Waals surface area contributed by atoms with E-state index in [0.29, 0.717) is 19.0 Å². The summed E-state index contributed by atoms with van der Waals surface area (Å²) in [6.45, 7) is 12.2. The van der Waals surface area contributed by atoms with E-state index in [9.17, 15) is 14.0 Å². The number of rotatable bonds is 9. The molecule has 3 atom stereocenters. The molecule has 1 unspecified atom stereocenters. The van der Waals surface area contributed by atoms with Crippen LogP contribution >= 0.6 is 0 Å². The number of hydrogen-bond donors (Lipinski definition) is 1. The lowest BCUT2D eigenvalue weighted by atomic mass is 9.57. The van der Waals surface area contributed by atoms with Crippen LogP contribution in [-0.4, -0.2) is 111 Å². The van der Waals surface area contributed by atoms with Crippen molar-refractivity contribution >= 4 is 12.2 Å². The number of benzene rings is 1. The van der Waals surface area contributed by atoms with Gasteiger partial charge < -0.3 is 34.2 Å². The molecule has 240 valence electrons. The number of likely N-dealkylation sites (tertiary alicyclic amines) is 3. The van der Waals surface area contributed by atoms with Crippen molar-refractivity contribution in [2.75, 3.05) is 66.6 Å². The maximum Gasteiger partial charge on any atom is 0.410 e. The van der Waals surface area contributed by atoms with Gasteiger partial charge in [0.1, 0.15) is 17.0 Å². The van der Waals surface area contributed by atoms with Gasteiger partial charge in [0.15, 0.2) is 0 Å². The third kappa shape index (κ3) is 6.96. The molecule has 0 aromatic heterocycles. The number of nitrogens with one attached hydrogen (secondary N) is 1. The molecule has 1 aliphatic carbocycles. The van der Waals surface area contributed by atoms with Crippen LogP contribution < -0.4 is 5.32 Å². The highest BCUT2D eigenvalue weighted by Crippen LogP contribution is 2.51. The van der Waals surface area contributed by atoms with Gasteiger partial charge in [0.25, 0.3) is 0 Å². The van der Waals surface area contributed by atoms with Crippen LogP contribution in [0, 0.1) is 17.7 Å². The van der Waals surface area contributed by atoms with Crippen LogP contribution in [0.1, 0.15) is 64.9 Å². The van der Waals surface area contributed by atoms with Crippen molar-refractivity contribution in [2.24, 2.45) is 11.8 Å². The van der Waals surface area contributed by atoms with Crippen molar-refractivity contribution in [2.45, 2.75) is 82.0 Å². The number of carbonyl (C=O) groups is 2. The summed E-state index contributed by atoms with van der Waals surface area (Å²) in [5, 5.41) is 3.16. The second kappa shape index (κ2) is 12.9. The number of alkyl carbamates (subject to hydrolysis) is 1. The highest BCUT2D eigenvalue weighted by molar-refractivity contribution is 5.69. The molecule has 10 heteroatoms. The van der Waals surface area contributed by atoms with Crippen molar-refractivity contribution < 1.29 is 28.2 Å². The van der Waals surface area contributed by atoms with E-state index in [1.165, 1.54) is 19.6 Å². The van der Waals surface area contributed by atoms with E-state index in [0.717, 1.165) is 76.9 Å². The summed E-state index contributed by atoms with van der Waals surface area (Å²) in [4.78, 5) is 31.7. The van der Waals surface area contributed by atoms with E-state index < -0.39 is 17.3 Å². The topological polar surface area (TPSA) is 83.6 Å². The lowest BCUT2D eigenvalue weighted by Crippen LogP contribution is -2.69. The molecule has 2 amide bonds. The molecule has 4 aliphatic rings. The van der Waals surface area contributed by atoms with Crippen molar-refractivity contribution in [3.8, 4) is 0 Å². The van der Waals surface area contributed by atoms with Gasteiger partial charge in [-0.25, -0.2) is 14.0 Å². The van der Waals surface area contributed by atoms with Crippen LogP contribution in [0.3, 0.4) is 0 Å². The van der Waals surface area contributed by atoms with Crippen LogP contribution in [0.4, 0.5) is 14.0 Å². The quantitative estimate of drug-likeness (QED) is 0.441. The minimum absolute atomic E-state index is 0.0133. The van der Waals surface area contributed by atoms with Crippen LogP contribution in [-0.2, 0) is 19.6 Å². The Morgan fingerprint density at radius 1 is 1.00 bits per heavy atom. The standard InChI is InChI=1S/C33H51FN4O5/c1-31(2,3)43-30(40)38-21-32(22-38,42-5)20-37-17-13-24(14-18-37)33(23-36-15-8-16-36,25-9-6-10-26(34)19-25)27-11-7-12-28(27)35-29(39)41-4/h6,9-10,19,24,27-28H,7-8,11-18,20-23H2,1-5H3,(H,35,39)/t27-,28-,33?/m0/s1. The maximum atomic E-state index is 14.9. The summed E-state index contributed by atoms with van der Waals surface area (Å²) in [7, 11) is 3.15. The molecule has 5 rings (SSSR count). The first-order chi connectivity index (χ1) is 20.5. The molecular weight excluding hydrogens is 551 g/mol. The van der Waals surface area contributed by atoms with E-state index in [4.69, 9.17) is 14.2 Å². The summed E-state index contributed by atoms with van der Waals surface area (Å²) in [5.41, 5.74) is -0.164. The van der Waals surface area contributed by atoms with Crippen LogP contribution in [0.15, 0.2) is 24.3 Å². The minimum Gasteiger partial charge on any atom is -0.453 e. The third-order valence-electron chi connectivity index (χ3n) is 10.3. The Labute approximate surface area is 256 Å². The predicted octanol–water partition coefficient (Wildman–Crippen LogP) is 4.64. The number of halogens is 1. The van der Waals surface area contributed by atoms with Gasteiger partial charge in [-0.3, -0.25) is 0 Å². The van der Waals surface area contributed by atoms with Gasteiger partial charge >= 0.3 is 12.2 Å². The summed E-state index contributed by atoms with van der Waals surface area (Å²) in [6, 6.07) is 7.22. The van der Waals surface area contributed by atoms with E-state index in [-0.39, 0.29) is 29.3 Å². The number of ether oxygens (including phenoxy) is 3. The summed E-state index contributed by atoms with van der Waals surface area (Å²) < 4.78 is 31.5. The third-order valence-corrected chi connectivity index (χ3v) is 10.3. The summed E-state index contributed by atoms with van der Waals surface area (Å²) >= 11 is 0. The first kappa shape index (κ1) is 32.0. The molecule has 3 heterocycles. The molecule has 0 radical (unpaired) electrons. The Balaban J connectivity index is 1.35. The molecule has 9 nitrogen and oxygen atoms in total. The van der Waals surface area contributed by atoms with Gasteiger partial charge in [0.2, 0.25) is 0 Å². The highest BCUT2D eigenvalue weighted by atomic mass is 19.1. The van der Waals surface area contributed by atoms with E-state index in [1.54, 1.807) is 18.1 Å². The Bertz CT molecular complexity index is 1130. The Morgan fingerprint density at radius 3 is 2.30 bits per heavy atom. The molecule has 1 aromatic rings. The average Bonchev–Trinajstić information content (AvgIpc) is 3.38. The van der Waals surface area contributed by atoms with Gasteiger partial charge in [-0.15, -0.1) is 0 Å². The van der Waals surface area contributed by atoms with Gasteiger partial charge in [-0.1, -0.05) is 18.6 Å². The van der Waals surface area contributed by atoms with Gasteiger partial charge in [-0.05, 0) is 109 Å². The zero-order valence-electron chi connectivity index (χ0n) is 26.7.